The molecular formula is C21H20N4O4S2. The molecule has 160 valence electrons. The van der Waals surface area contributed by atoms with Crippen molar-refractivity contribution in [1.29, 1.82) is 0 Å². The maximum Gasteiger partial charge on any atom is 0.437 e. The van der Waals surface area contributed by atoms with E-state index in [9.17, 15) is 9.59 Å². The fraction of sp³-hybridized carbons (Fsp3) is 0.238. The number of aryl methyl sites for hydroxylation is 2. The number of amides is 1. The summed E-state index contributed by atoms with van der Waals surface area (Å²) in [6.45, 7) is 4.63. The van der Waals surface area contributed by atoms with Crippen LogP contribution in [0.25, 0.3) is 22.0 Å². The second-order valence-corrected chi connectivity index (χ2v) is 8.70. The molecule has 0 aliphatic carbocycles. The summed E-state index contributed by atoms with van der Waals surface area (Å²) >= 11 is 2.83. The first-order valence-electron chi connectivity index (χ1n) is 9.66. The normalized spacial score (nSPS) is 10.9. The number of thiophene rings is 1. The average Bonchev–Trinajstić information content (AvgIpc) is 3.48. The van der Waals surface area contributed by atoms with Crippen LogP contribution in [0.1, 0.15) is 18.2 Å². The third-order valence-electron chi connectivity index (χ3n) is 4.37. The number of nitrogens with one attached hydrogen (secondary N) is 1. The molecule has 0 saturated carbocycles. The molecule has 1 amide bonds. The van der Waals surface area contributed by atoms with Gasteiger partial charge in [-0.2, -0.15) is 4.68 Å². The van der Waals surface area contributed by atoms with Crippen molar-refractivity contribution in [3.05, 3.63) is 57.2 Å². The highest BCUT2D eigenvalue weighted by Crippen LogP contribution is 2.31. The SMILES string of the molecule is CCOc1ccc(-c2nc(NC(=O)CCn3nc(-c4cccs4)oc3=O)sc2C)cc1. The van der Waals surface area contributed by atoms with Crippen LogP contribution in [-0.2, 0) is 11.3 Å². The summed E-state index contributed by atoms with van der Waals surface area (Å²) < 4.78 is 11.8. The Balaban J connectivity index is 1.38. The fourth-order valence-electron chi connectivity index (χ4n) is 2.93. The molecule has 1 aromatic carbocycles. The second kappa shape index (κ2) is 9.27. The monoisotopic (exact) mass is 456 g/mol. The number of anilines is 1. The molecule has 0 fully saturated rings. The van der Waals surface area contributed by atoms with E-state index in [2.05, 4.69) is 15.4 Å². The second-order valence-electron chi connectivity index (χ2n) is 6.55. The largest absolute Gasteiger partial charge is 0.494 e. The Labute approximate surface area is 186 Å². The van der Waals surface area contributed by atoms with E-state index in [1.165, 1.54) is 22.7 Å². The van der Waals surface area contributed by atoms with Gasteiger partial charge in [-0.25, -0.2) is 9.78 Å². The molecule has 31 heavy (non-hydrogen) atoms. The quantitative estimate of drug-likeness (QED) is 0.421. The van der Waals surface area contributed by atoms with Gasteiger partial charge < -0.3 is 14.5 Å². The maximum atomic E-state index is 12.4. The molecule has 0 bridgehead atoms. The number of hydrogen-bond donors (Lipinski definition) is 1. The molecule has 0 aliphatic heterocycles. The summed E-state index contributed by atoms with van der Waals surface area (Å²) in [7, 11) is 0. The molecule has 8 nitrogen and oxygen atoms in total. The first-order valence-corrected chi connectivity index (χ1v) is 11.4. The van der Waals surface area contributed by atoms with Crippen LogP contribution < -0.4 is 15.8 Å². The van der Waals surface area contributed by atoms with Crippen molar-refractivity contribution in [3.63, 3.8) is 0 Å². The number of benzene rings is 1. The average molecular weight is 457 g/mol. The lowest BCUT2D eigenvalue weighted by Crippen LogP contribution is -2.20. The minimum atomic E-state index is -0.584. The highest BCUT2D eigenvalue weighted by molar-refractivity contribution is 7.16. The molecule has 4 aromatic rings. The van der Waals surface area contributed by atoms with Crippen molar-refractivity contribution in [2.75, 3.05) is 11.9 Å². The Morgan fingerprint density at radius 3 is 2.77 bits per heavy atom. The van der Waals surface area contributed by atoms with Gasteiger partial charge in [-0.15, -0.1) is 27.8 Å². The van der Waals surface area contributed by atoms with Crippen LogP contribution in [0.2, 0.25) is 0 Å². The minimum Gasteiger partial charge on any atom is -0.494 e. The lowest BCUT2D eigenvalue weighted by Gasteiger charge is -2.04. The van der Waals surface area contributed by atoms with E-state index in [0.29, 0.717) is 11.7 Å². The molecular weight excluding hydrogens is 436 g/mol. The van der Waals surface area contributed by atoms with E-state index in [1.54, 1.807) is 0 Å². The molecule has 4 rings (SSSR count). The Hall–Kier alpha value is -3.24. The van der Waals surface area contributed by atoms with Crippen LogP contribution in [0.3, 0.4) is 0 Å². The third-order valence-corrected chi connectivity index (χ3v) is 6.11. The minimum absolute atomic E-state index is 0.0767. The Bertz CT molecular complexity index is 1220. The smallest absolute Gasteiger partial charge is 0.437 e. The summed E-state index contributed by atoms with van der Waals surface area (Å²) in [5, 5.41) is 9.34. The standard InChI is InChI=1S/C21H20N4O4S2/c1-3-28-15-8-6-14(7-9-15)18-13(2)31-20(23-18)22-17(26)10-11-25-21(27)29-19(24-25)16-5-4-12-30-16/h4-9,12H,3,10-11H2,1-2H3,(H,22,23,26). The van der Waals surface area contributed by atoms with Gasteiger partial charge in [-0.05, 0) is 49.6 Å². The van der Waals surface area contributed by atoms with Gasteiger partial charge in [-0.3, -0.25) is 4.79 Å². The van der Waals surface area contributed by atoms with Gasteiger partial charge in [0, 0.05) is 16.9 Å². The van der Waals surface area contributed by atoms with Gasteiger partial charge in [0.05, 0.1) is 23.7 Å². The van der Waals surface area contributed by atoms with Crippen molar-refractivity contribution in [1.82, 2.24) is 14.8 Å². The Kier molecular flexibility index (Phi) is 6.28. The molecule has 3 heterocycles. The van der Waals surface area contributed by atoms with Crippen molar-refractivity contribution in [3.8, 4) is 27.8 Å². The Morgan fingerprint density at radius 1 is 1.26 bits per heavy atom. The number of hydrogen-bond acceptors (Lipinski definition) is 8. The van der Waals surface area contributed by atoms with Crippen molar-refractivity contribution in [2.45, 2.75) is 26.8 Å². The number of nitrogens with zero attached hydrogens (tertiary/aromatic N) is 3. The molecule has 0 unspecified atom stereocenters. The van der Waals surface area contributed by atoms with E-state index in [-0.39, 0.29) is 24.8 Å². The maximum absolute atomic E-state index is 12.4. The molecule has 0 saturated heterocycles. The van der Waals surface area contributed by atoms with Crippen molar-refractivity contribution in [2.24, 2.45) is 0 Å². The number of thiazole rings is 1. The predicted molar refractivity (Wildman–Crippen MR) is 121 cm³/mol. The van der Waals surface area contributed by atoms with Gasteiger partial charge in [-0.1, -0.05) is 6.07 Å². The molecule has 1 N–H and O–H groups in total. The van der Waals surface area contributed by atoms with E-state index in [4.69, 9.17) is 9.15 Å². The lowest BCUT2D eigenvalue weighted by molar-refractivity contribution is -0.116. The molecule has 0 spiro atoms. The number of rotatable bonds is 8. The summed E-state index contributed by atoms with van der Waals surface area (Å²) in [4.78, 5) is 30.6. The third kappa shape index (κ3) is 4.92. The zero-order valence-corrected chi connectivity index (χ0v) is 18.6. The number of carbonyl (C=O) groups excluding carboxylic acids is 1. The van der Waals surface area contributed by atoms with Gasteiger partial charge in [0.1, 0.15) is 5.75 Å². The van der Waals surface area contributed by atoms with Crippen LogP contribution in [0, 0.1) is 6.92 Å². The first-order chi connectivity index (χ1) is 15.0. The Morgan fingerprint density at radius 2 is 2.06 bits per heavy atom. The topological polar surface area (TPSA) is 99.2 Å². The highest BCUT2D eigenvalue weighted by Gasteiger charge is 2.15. The zero-order chi connectivity index (χ0) is 21.8. The van der Waals surface area contributed by atoms with Crippen LogP contribution in [-0.4, -0.2) is 27.3 Å². The lowest BCUT2D eigenvalue weighted by atomic mass is 10.1. The molecule has 0 atom stereocenters. The van der Waals surface area contributed by atoms with Crippen LogP contribution in [0.15, 0.2) is 51.0 Å². The van der Waals surface area contributed by atoms with Crippen LogP contribution in [0.4, 0.5) is 5.13 Å². The number of aromatic nitrogens is 3. The molecule has 10 heteroatoms. The molecule has 3 aromatic heterocycles. The van der Waals surface area contributed by atoms with Crippen molar-refractivity contribution < 1.29 is 13.9 Å². The van der Waals surface area contributed by atoms with E-state index < -0.39 is 5.76 Å². The van der Waals surface area contributed by atoms with Crippen LogP contribution >= 0.6 is 22.7 Å². The molecule has 0 aliphatic rings. The van der Waals surface area contributed by atoms with Gasteiger partial charge in [0.15, 0.2) is 5.13 Å². The summed E-state index contributed by atoms with van der Waals surface area (Å²) in [5.74, 6) is 0.229. The van der Waals surface area contributed by atoms with E-state index in [1.807, 2.05) is 55.6 Å². The summed E-state index contributed by atoms with van der Waals surface area (Å²) in [6, 6.07) is 11.4. The van der Waals surface area contributed by atoms with Gasteiger partial charge in [0.25, 0.3) is 5.89 Å². The summed E-state index contributed by atoms with van der Waals surface area (Å²) in [6.07, 6.45) is 0.0767. The molecule has 0 radical (unpaired) electrons. The van der Waals surface area contributed by atoms with E-state index in [0.717, 1.165) is 31.4 Å². The van der Waals surface area contributed by atoms with Gasteiger partial charge >= 0.3 is 5.76 Å². The van der Waals surface area contributed by atoms with E-state index >= 15 is 0 Å². The van der Waals surface area contributed by atoms with Crippen LogP contribution in [0.5, 0.6) is 5.75 Å². The first kappa shape index (κ1) is 21.0. The number of carbonyl (C=O) groups is 1. The highest BCUT2D eigenvalue weighted by atomic mass is 32.1. The zero-order valence-electron chi connectivity index (χ0n) is 17.0. The van der Waals surface area contributed by atoms with Crippen molar-refractivity contribution >= 4 is 33.7 Å². The fourth-order valence-corrected chi connectivity index (χ4v) is 4.43. The number of ether oxygens (including phenoxy) is 1. The summed E-state index contributed by atoms with van der Waals surface area (Å²) in [5.41, 5.74) is 1.77. The predicted octanol–water partition coefficient (Wildman–Crippen LogP) is 4.42. The van der Waals surface area contributed by atoms with Gasteiger partial charge in [0.2, 0.25) is 5.91 Å².